The van der Waals surface area contributed by atoms with Crippen LogP contribution in [0.25, 0.3) is 0 Å². The molecule has 0 amide bonds. The number of halogens is 2. The van der Waals surface area contributed by atoms with Crippen molar-refractivity contribution >= 4 is 40.9 Å². The van der Waals surface area contributed by atoms with E-state index in [0.29, 0.717) is 27.2 Å². The van der Waals surface area contributed by atoms with Crippen LogP contribution >= 0.6 is 35.0 Å². The highest BCUT2D eigenvalue weighted by atomic mass is 35.5. The SMILES string of the molecule is CCCCc1cc(OCC(=O)O)ccc1Sc1cc(C#Cc2ccc(Cl)cc2)nc(C#Cc2ccc(Cl)cc2)c1. The van der Waals surface area contributed by atoms with Gasteiger partial charge in [-0.2, -0.15) is 0 Å². The number of hydrogen-bond acceptors (Lipinski definition) is 4. The van der Waals surface area contributed by atoms with Crippen molar-refractivity contribution in [1.82, 2.24) is 4.98 Å². The number of ether oxygens (including phenoxy) is 1. The van der Waals surface area contributed by atoms with Crippen LogP contribution in [0.1, 0.15) is 47.8 Å². The van der Waals surface area contributed by atoms with Crippen LogP contribution < -0.4 is 4.74 Å². The van der Waals surface area contributed by atoms with Crippen molar-refractivity contribution in [2.75, 3.05) is 6.61 Å². The van der Waals surface area contributed by atoms with Gasteiger partial charge in [0.05, 0.1) is 0 Å². The Kier molecular flexibility index (Phi) is 10.6. The summed E-state index contributed by atoms with van der Waals surface area (Å²) < 4.78 is 5.42. The molecule has 0 atom stereocenters. The Morgan fingerprint density at radius 3 is 1.95 bits per heavy atom. The topological polar surface area (TPSA) is 59.4 Å². The monoisotopic (exact) mass is 585 g/mol. The third-order valence-corrected chi connectivity index (χ3v) is 7.17. The number of carboxylic acid groups (broad SMARTS) is 1. The number of rotatable bonds is 8. The van der Waals surface area contributed by atoms with Crippen molar-refractivity contribution < 1.29 is 14.6 Å². The Labute approximate surface area is 248 Å². The van der Waals surface area contributed by atoms with Gasteiger partial charge in [-0.15, -0.1) is 0 Å². The third kappa shape index (κ3) is 9.11. The molecule has 0 bridgehead atoms. The minimum atomic E-state index is -1.01. The molecule has 0 radical (unpaired) electrons. The van der Waals surface area contributed by atoms with Gasteiger partial charge in [0.1, 0.15) is 17.1 Å². The van der Waals surface area contributed by atoms with Crippen molar-refractivity contribution in [3.05, 3.63) is 117 Å². The molecule has 1 aromatic heterocycles. The summed E-state index contributed by atoms with van der Waals surface area (Å²) in [6, 6.07) is 24.2. The van der Waals surface area contributed by atoms with Crippen LogP contribution in [0, 0.1) is 23.7 Å². The van der Waals surface area contributed by atoms with Gasteiger partial charge in [0, 0.05) is 31.0 Å². The first-order valence-corrected chi connectivity index (χ1v) is 14.2. The first-order valence-electron chi connectivity index (χ1n) is 12.6. The molecule has 0 unspecified atom stereocenters. The fraction of sp³-hybridized carbons (Fsp3) is 0.152. The molecule has 40 heavy (non-hydrogen) atoms. The van der Waals surface area contributed by atoms with Gasteiger partial charge in [-0.25, -0.2) is 9.78 Å². The molecule has 3 aromatic carbocycles. The maximum Gasteiger partial charge on any atom is 0.341 e. The summed E-state index contributed by atoms with van der Waals surface area (Å²) in [6.45, 7) is 1.76. The highest BCUT2D eigenvalue weighted by Gasteiger charge is 2.10. The van der Waals surface area contributed by atoms with Gasteiger partial charge in [0.25, 0.3) is 0 Å². The number of hydrogen-bond donors (Lipinski definition) is 1. The minimum absolute atomic E-state index is 0.380. The summed E-state index contributed by atoms with van der Waals surface area (Å²) >= 11 is 13.6. The van der Waals surface area contributed by atoms with Crippen LogP contribution in [0.3, 0.4) is 0 Å². The lowest BCUT2D eigenvalue weighted by atomic mass is 10.1. The van der Waals surface area contributed by atoms with E-state index in [1.165, 1.54) is 0 Å². The van der Waals surface area contributed by atoms with Gasteiger partial charge < -0.3 is 9.84 Å². The number of aryl methyl sites for hydroxylation is 1. The Hall–Kier alpha value is -3.87. The van der Waals surface area contributed by atoms with Crippen molar-refractivity contribution in [2.45, 2.75) is 36.0 Å². The van der Waals surface area contributed by atoms with Gasteiger partial charge >= 0.3 is 5.97 Å². The summed E-state index contributed by atoms with van der Waals surface area (Å²) in [5.74, 6) is 12.1. The van der Waals surface area contributed by atoms with Gasteiger partial charge in [0.15, 0.2) is 6.61 Å². The zero-order valence-electron chi connectivity index (χ0n) is 21.7. The molecule has 200 valence electrons. The summed E-state index contributed by atoms with van der Waals surface area (Å²) in [7, 11) is 0. The lowest BCUT2D eigenvalue weighted by Gasteiger charge is -2.12. The van der Waals surface area contributed by atoms with Crippen LogP contribution in [0.2, 0.25) is 10.0 Å². The Morgan fingerprint density at radius 2 is 1.43 bits per heavy atom. The molecule has 7 heteroatoms. The number of carbonyl (C=O) groups is 1. The van der Waals surface area contributed by atoms with Crippen molar-refractivity contribution in [3.8, 4) is 29.4 Å². The Morgan fingerprint density at radius 1 is 0.850 bits per heavy atom. The predicted molar refractivity (Wildman–Crippen MR) is 161 cm³/mol. The average Bonchev–Trinajstić information content (AvgIpc) is 2.95. The second-order valence-electron chi connectivity index (χ2n) is 8.74. The van der Waals surface area contributed by atoms with Gasteiger partial charge in [0.2, 0.25) is 0 Å². The molecular weight excluding hydrogens is 561 g/mol. The van der Waals surface area contributed by atoms with Gasteiger partial charge in [-0.1, -0.05) is 60.1 Å². The molecule has 0 fully saturated rings. The van der Waals surface area contributed by atoms with Crippen LogP contribution in [0.5, 0.6) is 5.75 Å². The highest BCUT2D eigenvalue weighted by molar-refractivity contribution is 7.99. The number of aromatic nitrogens is 1. The summed E-state index contributed by atoms with van der Waals surface area (Å²) in [5, 5.41) is 10.3. The highest BCUT2D eigenvalue weighted by Crippen LogP contribution is 2.34. The van der Waals surface area contributed by atoms with Gasteiger partial charge in [-0.3, -0.25) is 0 Å². The van der Waals surface area contributed by atoms with E-state index < -0.39 is 5.97 Å². The largest absolute Gasteiger partial charge is 0.482 e. The fourth-order valence-electron chi connectivity index (χ4n) is 3.61. The quantitative estimate of drug-likeness (QED) is 0.211. The molecule has 1 heterocycles. The zero-order valence-corrected chi connectivity index (χ0v) is 24.0. The molecule has 0 aliphatic rings. The third-order valence-electron chi connectivity index (χ3n) is 5.58. The van der Waals surface area contributed by atoms with Crippen LogP contribution in [0.15, 0.2) is 88.7 Å². The standard InChI is InChI=1S/C33H25Cl2NO3S/c1-2-3-4-25-19-30(39-22-33(37)38)17-18-32(25)40-31-20-28(15-9-23-5-11-26(34)12-6-23)36-29(21-31)16-10-24-7-13-27(35)14-8-24/h5-8,11-14,17-21H,2-4,22H2,1H3,(H,37,38). The smallest absolute Gasteiger partial charge is 0.341 e. The molecular formula is C33H25Cl2NO3S. The molecule has 0 aliphatic carbocycles. The van der Waals surface area contributed by atoms with E-state index >= 15 is 0 Å². The molecule has 4 nitrogen and oxygen atoms in total. The van der Waals surface area contributed by atoms with Crippen LogP contribution in [-0.4, -0.2) is 22.7 Å². The summed E-state index contributed by atoms with van der Waals surface area (Å²) in [5.41, 5.74) is 3.94. The number of unbranched alkanes of at least 4 members (excludes halogenated alkanes) is 1. The number of benzene rings is 3. The van der Waals surface area contributed by atoms with E-state index in [1.54, 1.807) is 42.1 Å². The predicted octanol–water partition coefficient (Wildman–Crippen LogP) is 8.15. The number of carboxylic acids is 1. The number of pyridine rings is 1. The molecule has 0 spiro atoms. The lowest BCUT2D eigenvalue weighted by molar-refractivity contribution is -0.139. The Balaban J connectivity index is 1.69. The molecule has 1 N–H and O–H groups in total. The van der Waals surface area contributed by atoms with Crippen molar-refractivity contribution in [3.63, 3.8) is 0 Å². The average molecular weight is 587 g/mol. The molecule has 4 aromatic rings. The molecule has 4 rings (SSSR count). The molecule has 0 saturated carbocycles. The summed E-state index contributed by atoms with van der Waals surface area (Å²) in [6.07, 6.45) is 2.89. The minimum Gasteiger partial charge on any atom is -0.482 e. The van der Waals surface area contributed by atoms with E-state index in [1.807, 2.05) is 48.5 Å². The fourth-order valence-corrected chi connectivity index (χ4v) is 4.89. The summed E-state index contributed by atoms with van der Waals surface area (Å²) in [4.78, 5) is 17.6. The van der Waals surface area contributed by atoms with Crippen LogP contribution in [0.4, 0.5) is 0 Å². The Bertz CT molecular complexity index is 1530. The van der Waals surface area contributed by atoms with Crippen molar-refractivity contribution in [2.24, 2.45) is 0 Å². The van der Waals surface area contributed by atoms with E-state index in [4.69, 9.17) is 33.0 Å². The van der Waals surface area contributed by atoms with Gasteiger partial charge in [-0.05, 0) is 109 Å². The van der Waals surface area contributed by atoms with Crippen LogP contribution in [-0.2, 0) is 11.2 Å². The second kappa shape index (κ2) is 14.5. The maximum absolute atomic E-state index is 11.0. The lowest BCUT2D eigenvalue weighted by Crippen LogP contribution is -2.09. The number of aliphatic carboxylic acids is 1. The first-order chi connectivity index (χ1) is 19.4. The van der Waals surface area contributed by atoms with Crippen molar-refractivity contribution in [1.29, 1.82) is 0 Å². The second-order valence-corrected chi connectivity index (χ2v) is 10.7. The normalized spacial score (nSPS) is 10.2. The maximum atomic E-state index is 11.0. The molecule has 0 saturated heterocycles. The van der Waals surface area contributed by atoms with E-state index in [-0.39, 0.29) is 6.61 Å². The first kappa shape index (κ1) is 29.1. The van der Waals surface area contributed by atoms with E-state index in [9.17, 15) is 4.79 Å². The van der Waals surface area contributed by atoms with E-state index in [0.717, 1.165) is 45.7 Å². The molecule has 0 aliphatic heterocycles. The zero-order chi connectivity index (χ0) is 28.3. The van der Waals surface area contributed by atoms with E-state index in [2.05, 4.69) is 35.6 Å². The number of nitrogens with zero attached hydrogens (tertiary/aromatic N) is 1.